The first-order chi connectivity index (χ1) is 18.5. The molecule has 0 bridgehead atoms. The van der Waals surface area contributed by atoms with E-state index in [2.05, 4.69) is 22.9 Å². The number of thioether (sulfide) groups is 1. The van der Waals surface area contributed by atoms with Gasteiger partial charge in [0, 0.05) is 10.5 Å². The van der Waals surface area contributed by atoms with Gasteiger partial charge in [-0.2, -0.15) is 0 Å². The van der Waals surface area contributed by atoms with Crippen molar-refractivity contribution in [3.8, 4) is 11.5 Å². The summed E-state index contributed by atoms with van der Waals surface area (Å²) in [5.74, 6) is 1.75. The minimum atomic E-state index is 0.0259. The molecule has 2 fully saturated rings. The van der Waals surface area contributed by atoms with Crippen LogP contribution in [0.5, 0.6) is 11.5 Å². The van der Waals surface area contributed by atoms with Gasteiger partial charge < -0.3 is 9.47 Å². The van der Waals surface area contributed by atoms with Crippen LogP contribution < -0.4 is 9.47 Å². The minimum Gasteiger partial charge on any atom is -0.493 e. The first-order valence-corrected chi connectivity index (χ1v) is 14.5. The lowest BCUT2D eigenvalue weighted by Gasteiger charge is -2.35. The second kappa shape index (κ2) is 12.2. The van der Waals surface area contributed by atoms with Gasteiger partial charge in [-0.05, 0) is 84.1 Å². The summed E-state index contributed by atoms with van der Waals surface area (Å²) in [7, 11) is 1.63. The van der Waals surface area contributed by atoms with Crippen LogP contribution in [0.4, 0.5) is 5.69 Å². The highest BCUT2D eigenvalue weighted by atomic mass is 79.9. The van der Waals surface area contributed by atoms with Crippen LogP contribution in [0.1, 0.15) is 43.7 Å². The molecule has 0 N–H and O–H groups in total. The Kier molecular flexibility index (Phi) is 8.55. The van der Waals surface area contributed by atoms with E-state index in [1.807, 2.05) is 83.8 Å². The van der Waals surface area contributed by atoms with E-state index in [1.165, 1.54) is 18.2 Å². The number of carbonyl (C=O) groups is 1. The molecular formula is C31H31BrN2O3S. The molecule has 0 aromatic heterocycles. The Labute approximate surface area is 237 Å². The van der Waals surface area contributed by atoms with Crippen LogP contribution in [0.25, 0.3) is 6.08 Å². The maximum absolute atomic E-state index is 13.8. The van der Waals surface area contributed by atoms with Crippen molar-refractivity contribution in [2.75, 3.05) is 7.11 Å². The first-order valence-electron chi connectivity index (χ1n) is 12.9. The molecule has 1 aliphatic carbocycles. The van der Waals surface area contributed by atoms with E-state index in [0.29, 0.717) is 28.9 Å². The topological polar surface area (TPSA) is 51.1 Å². The lowest BCUT2D eigenvalue weighted by molar-refractivity contribution is -0.124. The zero-order valence-electron chi connectivity index (χ0n) is 21.6. The molecule has 1 saturated heterocycles. The molecule has 1 amide bonds. The third kappa shape index (κ3) is 6.16. The fourth-order valence-corrected chi connectivity index (χ4v) is 6.25. The van der Waals surface area contributed by atoms with E-state index in [0.717, 1.165) is 45.7 Å². The average Bonchev–Trinajstić information content (AvgIpc) is 3.23. The van der Waals surface area contributed by atoms with Gasteiger partial charge in [0.1, 0.15) is 6.61 Å². The quantitative estimate of drug-likeness (QED) is 0.260. The highest BCUT2D eigenvalue weighted by molar-refractivity contribution is 9.10. The molecule has 5 nitrogen and oxygen atoms in total. The number of para-hydroxylation sites is 1. The van der Waals surface area contributed by atoms with E-state index in [1.54, 1.807) is 7.11 Å². The molecule has 0 spiro atoms. The average molecular weight is 592 g/mol. The number of amides is 1. The molecule has 1 heterocycles. The Hall–Kier alpha value is -3.03. The van der Waals surface area contributed by atoms with Crippen LogP contribution in [-0.4, -0.2) is 29.1 Å². The van der Waals surface area contributed by atoms with Crippen molar-refractivity contribution in [1.82, 2.24) is 4.90 Å². The number of carbonyl (C=O) groups excluding carboxylic acids is 1. The Bertz CT molecular complexity index is 1340. The van der Waals surface area contributed by atoms with E-state index in [9.17, 15) is 4.79 Å². The van der Waals surface area contributed by atoms with Crippen LogP contribution in [0.15, 0.2) is 87.2 Å². The molecule has 2 aliphatic rings. The number of benzene rings is 3. The van der Waals surface area contributed by atoms with Gasteiger partial charge in [-0.1, -0.05) is 72.1 Å². The summed E-state index contributed by atoms with van der Waals surface area (Å²) in [6, 6.07) is 23.8. The molecule has 38 heavy (non-hydrogen) atoms. The number of hydrogen-bond acceptors (Lipinski definition) is 5. The number of aliphatic imine (C=N–C) groups is 1. The number of rotatable bonds is 7. The predicted octanol–water partition coefficient (Wildman–Crippen LogP) is 8.22. The van der Waals surface area contributed by atoms with Crippen LogP contribution >= 0.6 is 27.7 Å². The normalized spacial score (nSPS) is 21.8. The van der Waals surface area contributed by atoms with Gasteiger partial charge in [-0.3, -0.25) is 9.69 Å². The predicted molar refractivity (Wildman–Crippen MR) is 159 cm³/mol. The molecule has 196 valence electrons. The lowest BCUT2D eigenvalue weighted by atomic mass is 9.85. The van der Waals surface area contributed by atoms with Gasteiger partial charge in [-0.15, -0.1) is 0 Å². The van der Waals surface area contributed by atoms with Crippen molar-refractivity contribution >= 4 is 50.5 Å². The second-order valence-electron chi connectivity index (χ2n) is 9.67. The SMILES string of the molecule is COc1cc(/C=C2\SC(=Nc3ccccc3)N([C@@H]3CCCC[C@@H]3C)C2=O)ccc1OCc1ccc(Br)cc1. The molecular weight excluding hydrogens is 560 g/mol. The summed E-state index contributed by atoms with van der Waals surface area (Å²) in [6.45, 7) is 2.69. The number of ether oxygens (including phenoxy) is 2. The van der Waals surface area contributed by atoms with Gasteiger partial charge in [0.2, 0.25) is 0 Å². The van der Waals surface area contributed by atoms with E-state index in [-0.39, 0.29) is 11.9 Å². The number of hydrogen-bond donors (Lipinski definition) is 0. The van der Waals surface area contributed by atoms with E-state index >= 15 is 0 Å². The molecule has 3 aromatic rings. The minimum absolute atomic E-state index is 0.0259. The van der Waals surface area contributed by atoms with Crippen molar-refractivity contribution in [2.45, 2.75) is 45.3 Å². The number of methoxy groups -OCH3 is 1. The van der Waals surface area contributed by atoms with Gasteiger partial charge in [0.15, 0.2) is 16.7 Å². The standard InChI is InChI=1S/C31H31BrN2O3S/c1-21-8-6-7-11-26(21)34-30(35)29(38-31(34)33-25-9-4-3-5-10-25)19-23-14-17-27(28(18-23)36-2)37-20-22-12-15-24(32)16-13-22/h3-5,9-10,12-19,21,26H,6-8,11,20H2,1-2H3/b29-19-,33-31?/t21-,26+/m0/s1. The number of amidine groups is 1. The Morgan fingerprint density at radius 3 is 2.53 bits per heavy atom. The smallest absolute Gasteiger partial charge is 0.267 e. The summed E-state index contributed by atoms with van der Waals surface area (Å²) in [5, 5.41) is 0.757. The molecule has 5 rings (SSSR count). The van der Waals surface area contributed by atoms with Crippen molar-refractivity contribution in [3.05, 3.63) is 93.3 Å². The third-order valence-corrected chi connectivity index (χ3v) is 8.52. The summed E-state index contributed by atoms with van der Waals surface area (Å²) < 4.78 is 12.7. The van der Waals surface area contributed by atoms with Gasteiger partial charge in [0.05, 0.1) is 17.7 Å². The van der Waals surface area contributed by atoms with Crippen LogP contribution in [0.2, 0.25) is 0 Å². The third-order valence-electron chi connectivity index (χ3n) is 7.01. The summed E-state index contributed by atoms with van der Waals surface area (Å²) in [6.07, 6.45) is 6.43. The second-order valence-corrected chi connectivity index (χ2v) is 11.6. The number of nitrogens with zero attached hydrogens (tertiary/aromatic N) is 2. The zero-order chi connectivity index (χ0) is 26.5. The number of halogens is 1. The highest BCUT2D eigenvalue weighted by Crippen LogP contribution is 2.40. The highest BCUT2D eigenvalue weighted by Gasteiger charge is 2.41. The van der Waals surface area contributed by atoms with Crippen molar-refractivity contribution in [1.29, 1.82) is 0 Å². The van der Waals surface area contributed by atoms with Gasteiger partial charge in [-0.25, -0.2) is 4.99 Å². The molecule has 2 atom stereocenters. The molecule has 7 heteroatoms. The molecule has 1 aliphatic heterocycles. The Morgan fingerprint density at radius 2 is 1.79 bits per heavy atom. The lowest BCUT2D eigenvalue weighted by Crippen LogP contribution is -2.44. The Morgan fingerprint density at radius 1 is 1.03 bits per heavy atom. The van der Waals surface area contributed by atoms with Gasteiger partial charge >= 0.3 is 0 Å². The summed E-state index contributed by atoms with van der Waals surface area (Å²) >= 11 is 4.91. The molecule has 0 unspecified atom stereocenters. The van der Waals surface area contributed by atoms with E-state index in [4.69, 9.17) is 14.5 Å². The molecule has 1 saturated carbocycles. The van der Waals surface area contributed by atoms with Crippen molar-refractivity contribution in [3.63, 3.8) is 0 Å². The van der Waals surface area contributed by atoms with Crippen molar-refractivity contribution < 1.29 is 14.3 Å². The Balaban J connectivity index is 1.40. The first kappa shape index (κ1) is 26.6. The van der Waals surface area contributed by atoms with Crippen LogP contribution in [-0.2, 0) is 11.4 Å². The fourth-order valence-electron chi connectivity index (χ4n) is 4.94. The van der Waals surface area contributed by atoms with Crippen molar-refractivity contribution in [2.24, 2.45) is 10.9 Å². The summed E-state index contributed by atoms with van der Waals surface area (Å²) in [4.78, 5) is 21.3. The molecule has 3 aromatic carbocycles. The van der Waals surface area contributed by atoms with Crippen LogP contribution in [0.3, 0.4) is 0 Å². The van der Waals surface area contributed by atoms with Gasteiger partial charge in [0.25, 0.3) is 5.91 Å². The van der Waals surface area contributed by atoms with Crippen LogP contribution in [0, 0.1) is 5.92 Å². The zero-order valence-corrected chi connectivity index (χ0v) is 24.0. The monoisotopic (exact) mass is 590 g/mol. The largest absolute Gasteiger partial charge is 0.493 e. The molecule has 0 radical (unpaired) electrons. The maximum atomic E-state index is 13.8. The fraction of sp³-hybridized carbons (Fsp3) is 0.290. The maximum Gasteiger partial charge on any atom is 0.267 e. The van der Waals surface area contributed by atoms with E-state index < -0.39 is 0 Å². The summed E-state index contributed by atoms with van der Waals surface area (Å²) in [5.41, 5.74) is 2.80.